The number of nitrogens with zero attached hydrogens (tertiary/aromatic N) is 1. The number of amides is 1. The van der Waals surface area contributed by atoms with Crippen LogP contribution in [0, 0.1) is 0 Å². The number of carbonyl (C=O) groups is 1. The molecule has 30 heavy (non-hydrogen) atoms. The number of carbonyl (C=O) groups excluding carboxylic acids is 1. The summed E-state index contributed by atoms with van der Waals surface area (Å²) in [6.45, 7) is 1.66. The standard InChI is InChI=1S/C24H26N2O3S/c27-24(25-17-20-10-11-21-6-2-3-7-23(21)16-20)22-12-8-19(9-13-22)18-30(28,29)26-14-4-1-5-15-26/h2-3,6-13,16H,1,4-5,14-15,17-18H2,(H,25,27). The van der Waals surface area contributed by atoms with E-state index in [4.69, 9.17) is 0 Å². The molecule has 0 bridgehead atoms. The summed E-state index contributed by atoms with van der Waals surface area (Å²) in [5.41, 5.74) is 2.26. The number of hydrogen-bond acceptors (Lipinski definition) is 3. The molecule has 156 valence electrons. The van der Waals surface area contributed by atoms with Crippen LogP contribution < -0.4 is 5.32 Å². The van der Waals surface area contributed by atoms with Crippen molar-refractivity contribution in [3.63, 3.8) is 0 Å². The second-order valence-corrected chi connectivity index (χ2v) is 9.75. The molecule has 0 spiro atoms. The van der Waals surface area contributed by atoms with Gasteiger partial charge < -0.3 is 5.32 Å². The van der Waals surface area contributed by atoms with Crippen molar-refractivity contribution in [2.75, 3.05) is 13.1 Å². The first-order valence-electron chi connectivity index (χ1n) is 10.3. The summed E-state index contributed by atoms with van der Waals surface area (Å²) in [7, 11) is -3.30. The highest BCUT2D eigenvalue weighted by Crippen LogP contribution is 2.18. The van der Waals surface area contributed by atoms with Crippen LogP contribution in [0.4, 0.5) is 0 Å². The van der Waals surface area contributed by atoms with Gasteiger partial charge in [-0.1, -0.05) is 55.0 Å². The third-order valence-electron chi connectivity index (χ3n) is 5.54. The van der Waals surface area contributed by atoms with Gasteiger partial charge >= 0.3 is 0 Å². The second kappa shape index (κ2) is 8.98. The van der Waals surface area contributed by atoms with E-state index in [9.17, 15) is 13.2 Å². The van der Waals surface area contributed by atoms with Crippen LogP contribution in [-0.2, 0) is 22.3 Å². The van der Waals surface area contributed by atoms with Crippen molar-refractivity contribution in [2.45, 2.75) is 31.6 Å². The van der Waals surface area contributed by atoms with Crippen molar-refractivity contribution >= 4 is 26.7 Å². The summed E-state index contributed by atoms with van der Waals surface area (Å²) in [5, 5.41) is 5.25. The Morgan fingerprint density at radius 2 is 1.50 bits per heavy atom. The van der Waals surface area contributed by atoms with Crippen molar-refractivity contribution in [1.82, 2.24) is 9.62 Å². The molecule has 1 aliphatic heterocycles. The van der Waals surface area contributed by atoms with Crippen LogP contribution >= 0.6 is 0 Å². The smallest absolute Gasteiger partial charge is 0.251 e. The van der Waals surface area contributed by atoms with Crippen LogP contribution in [0.2, 0.25) is 0 Å². The summed E-state index contributed by atoms with van der Waals surface area (Å²) < 4.78 is 26.7. The van der Waals surface area contributed by atoms with Gasteiger partial charge in [-0.2, -0.15) is 0 Å². The Hall–Kier alpha value is -2.70. The monoisotopic (exact) mass is 422 g/mol. The molecule has 1 N–H and O–H groups in total. The largest absolute Gasteiger partial charge is 0.348 e. The number of piperidine rings is 1. The van der Waals surface area contributed by atoms with E-state index < -0.39 is 10.0 Å². The minimum Gasteiger partial charge on any atom is -0.348 e. The molecule has 0 aliphatic carbocycles. The average molecular weight is 423 g/mol. The van der Waals surface area contributed by atoms with Gasteiger partial charge in [0.15, 0.2) is 0 Å². The average Bonchev–Trinajstić information content (AvgIpc) is 2.78. The first-order valence-corrected chi connectivity index (χ1v) is 11.9. The molecular weight excluding hydrogens is 396 g/mol. The van der Waals surface area contributed by atoms with Crippen LogP contribution in [-0.4, -0.2) is 31.7 Å². The Labute approximate surface area is 177 Å². The molecule has 0 saturated carbocycles. The minimum atomic E-state index is -3.30. The van der Waals surface area contributed by atoms with Crippen molar-refractivity contribution in [2.24, 2.45) is 0 Å². The molecule has 4 rings (SSSR count). The van der Waals surface area contributed by atoms with E-state index in [0.717, 1.165) is 30.2 Å². The van der Waals surface area contributed by atoms with Gasteiger partial charge in [-0.15, -0.1) is 0 Å². The van der Waals surface area contributed by atoms with Crippen molar-refractivity contribution in [3.05, 3.63) is 83.4 Å². The van der Waals surface area contributed by atoms with Crippen LogP contribution in [0.1, 0.15) is 40.7 Å². The van der Waals surface area contributed by atoms with Crippen LogP contribution in [0.3, 0.4) is 0 Å². The zero-order valence-electron chi connectivity index (χ0n) is 16.9. The highest BCUT2D eigenvalue weighted by Gasteiger charge is 2.24. The first-order chi connectivity index (χ1) is 14.5. The Kier molecular flexibility index (Phi) is 6.16. The molecule has 1 amide bonds. The fourth-order valence-corrected chi connectivity index (χ4v) is 5.44. The molecule has 1 fully saturated rings. The number of sulfonamides is 1. The Morgan fingerprint density at radius 1 is 0.833 bits per heavy atom. The molecule has 6 heteroatoms. The molecule has 1 heterocycles. The highest BCUT2D eigenvalue weighted by atomic mass is 32.2. The predicted molar refractivity (Wildman–Crippen MR) is 120 cm³/mol. The van der Waals surface area contributed by atoms with E-state index in [1.807, 2.05) is 24.3 Å². The van der Waals surface area contributed by atoms with Crippen LogP contribution in [0.15, 0.2) is 66.7 Å². The molecule has 1 saturated heterocycles. The predicted octanol–water partition coefficient (Wildman–Crippen LogP) is 4.09. The normalized spacial score (nSPS) is 15.2. The molecule has 0 unspecified atom stereocenters. The number of rotatable bonds is 6. The van der Waals surface area contributed by atoms with E-state index in [1.165, 1.54) is 5.39 Å². The van der Waals surface area contributed by atoms with Gasteiger partial charge in [0.1, 0.15) is 0 Å². The summed E-state index contributed by atoms with van der Waals surface area (Å²) in [6.07, 6.45) is 2.94. The van der Waals surface area contributed by atoms with E-state index in [0.29, 0.717) is 30.8 Å². The maximum absolute atomic E-state index is 12.6. The molecule has 1 aliphatic rings. The highest BCUT2D eigenvalue weighted by molar-refractivity contribution is 7.88. The molecular formula is C24H26N2O3S. The van der Waals surface area contributed by atoms with Gasteiger partial charge in [-0.3, -0.25) is 4.79 Å². The van der Waals surface area contributed by atoms with Crippen molar-refractivity contribution in [3.8, 4) is 0 Å². The topological polar surface area (TPSA) is 66.5 Å². The zero-order chi connectivity index (χ0) is 21.0. The maximum atomic E-state index is 12.6. The van der Waals surface area contributed by atoms with E-state index in [1.54, 1.807) is 28.6 Å². The third-order valence-corrected chi connectivity index (χ3v) is 7.39. The van der Waals surface area contributed by atoms with Gasteiger partial charge in [-0.05, 0) is 52.9 Å². The summed E-state index contributed by atoms with van der Waals surface area (Å²) in [4.78, 5) is 12.5. The van der Waals surface area contributed by atoms with Gasteiger partial charge in [0.05, 0.1) is 5.75 Å². The third kappa shape index (κ3) is 4.89. The number of hydrogen-bond donors (Lipinski definition) is 1. The van der Waals surface area contributed by atoms with Gasteiger partial charge in [-0.25, -0.2) is 12.7 Å². The van der Waals surface area contributed by atoms with Crippen LogP contribution in [0.5, 0.6) is 0 Å². The fraction of sp³-hybridized carbons (Fsp3) is 0.292. The molecule has 5 nitrogen and oxygen atoms in total. The summed E-state index contributed by atoms with van der Waals surface area (Å²) >= 11 is 0. The van der Waals surface area contributed by atoms with E-state index in [-0.39, 0.29) is 11.7 Å². The first kappa shape index (κ1) is 20.6. The lowest BCUT2D eigenvalue weighted by Gasteiger charge is -2.25. The van der Waals surface area contributed by atoms with E-state index >= 15 is 0 Å². The Bertz CT molecular complexity index is 1130. The molecule has 0 aromatic heterocycles. The fourth-order valence-electron chi connectivity index (χ4n) is 3.83. The lowest BCUT2D eigenvalue weighted by atomic mass is 10.1. The molecule has 3 aromatic carbocycles. The molecule has 0 atom stereocenters. The Morgan fingerprint density at radius 3 is 2.23 bits per heavy atom. The number of nitrogens with one attached hydrogen (secondary N) is 1. The lowest BCUT2D eigenvalue weighted by Crippen LogP contribution is -2.36. The second-order valence-electron chi connectivity index (χ2n) is 7.78. The van der Waals surface area contributed by atoms with Gasteiger partial charge in [0.2, 0.25) is 10.0 Å². The van der Waals surface area contributed by atoms with Crippen LogP contribution in [0.25, 0.3) is 10.8 Å². The van der Waals surface area contributed by atoms with Gasteiger partial charge in [0, 0.05) is 25.2 Å². The minimum absolute atomic E-state index is 0.0218. The van der Waals surface area contributed by atoms with Crippen molar-refractivity contribution in [1.29, 1.82) is 0 Å². The Balaban J connectivity index is 1.36. The van der Waals surface area contributed by atoms with Gasteiger partial charge in [0.25, 0.3) is 5.91 Å². The molecule has 0 radical (unpaired) electrons. The van der Waals surface area contributed by atoms with E-state index in [2.05, 4.69) is 23.5 Å². The summed E-state index contributed by atoms with van der Waals surface area (Å²) in [6, 6.07) is 21.1. The molecule has 3 aromatic rings. The lowest BCUT2D eigenvalue weighted by molar-refractivity contribution is 0.0951. The SMILES string of the molecule is O=C(NCc1ccc2ccccc2c1)c1ccc(CS(=O)(=O)N2CCCCC2)cc1. The van der Waals surface area contributed by atoms with Crippen molar-refractivity contribution < 1.29 is 13.2 Å². The maximum Gasteiger partial charge on any atom is 0.251 e. The summed E-state index contributed by atoms with van der Waals surface area (Å²) in [5.74, 6) is -0.194. The zero-order valence-corrected chi connectivity index (χ0v) is 17.7. The number of benzene rings is 3. The number of fused-ring (bicyclic) bond motifs is 1. The quantitative estimate of drug-likeness (QED) is 0.651.